The summed E-state index contributed by atoms with van der Waals surface area (Å²) in [6, 6.07) is 7.41. The van der Waals surface area contributed by atoms with E-state index in [9.17, 15) is 4.79 Å². The fraction of sp³-hybridized carbons (Fsp3) is 0.391. The van der Waals surface area contributed by atoms with E-state index in [-0.39, 0.29) is 16.8 Å². The number of nitrogens with one attached hydrogen (secondary N) is 3. The zero-order valence-corrected chi connectivity index (χ0v) is 20.5. The smallest absolute Gasteiger partial charge is 0.277 e. The number of amides is 1. The van der Waals surface area contributed by atoms with Gasteiger partial charge >= 0.3 is 0 Å². The van der Waals surface area contributed by atoms with Crippen LogP contribution in [0.5, 0.6) is 0 Å². The van der Waals surface area contributed by atoms with Crippen LogP contribution in [0.15, 0.2) is 24.3 Å². The molecule has 170 valence electrons. The van der Waals surface area contributed by atoms with Gasteiger partial charge in [-0.1, -0.05) is 0 Å². The van der Waals surface area contributed by atoms with Crippen molar-refractivity contribution in [1.82, 2.24) is 20.3 Å². The number of fused-ring (bicyclic) bond motifs is 1. The van der Waals surface area contributed by atoms with Crippen LogP contribution >= 0.6 is 22.6 Å². The number of rotatable bonds is 9. The van der Waals surface area contributed by atoms with Gasteiger partial charge in [-0.2, -0.15) is 0 Å². The predicted octanol–water partition coefficient (Wildman–Crippen LogP) is 4.53. The van der Waals surface area contributed by atoms with Gasteiger partial charge in [0.15, 0.2) is 5.82 Å². The van der Waals surface area contributed by atoms with Gasteiger partial charge in [0.05, 0.1) is 23.4 Å². The number of H-pyrrole nitrogens is 1. The Hall–Kier alpha value is -2.24. The lowest BCUT2D eigenvalue weighted by molar-refractivity contribution is 0.0271. The molecule has 0 spiro atoms. The predicted molar refractivity (Wildman–Crippen MR) is 132 cm³/mol. The van der Waals surface area contributed by atoms with Crippen LogP contribution in [0.4, 0.5) is 15.8 Å². The number of imidazole rings is 1. The van der Waals surface area contributed by atoms with Crippen LogP contribution in [0.25, 0.3) is 11.0 Å². The third kappa shape index (κ3) is 5.38. The van der Waals surface area contributed by atoms with E-state index < -0.39 is 11.7 Å². The van der Waals surface area contributed by atoms with Crippen LogP contribution in [0, 0.1) is 22.2 Å². The molecule has 1 saturated carbocycles. The van der Waals surface area contributed by atoms with Gasteiger partial charge in [0, 0.05) is 22.2 Å². The first kappa shape index (κ1) is 22.9. The first-order valence-corrected chi connectivity index (χ1v) is 11.7. The SMILES string of the molecule is Cc1cc(I)ccc1Nc1c(C(=O)NOCC2CC2)cc2nc(CCN(C)C)[nH]c2c1F. The molecule has 7 nitrogen and oxygen atoms in total. The molecular weight excluding hydrogens is 524 g/mol. The second kappa shape index (κ2) is 9.72. The van der Waals surface area contributed by atoms with E-state index in [1.807, 2.05) is 44.1 Å². The molecule has 2 aromatic carbocycles. The molecule has 0 bridgehead atoms. The second-order valence-corrected chi connectivity index (χ2v) is 9.76. The Morgan fingerprint density at radius 2 is 2.12 bits per heavy atom. The lowest BCUT2D eigenvalue weighted by atomic mass is 10.1. The number of hydroxylamine groups is 1. The van der Waals surface area contributed by atoms with Gasteiger partial charge in [-0.15, -0.1) is 0 Å². The maximum atomic E-state index is 15.7. The van der Waals surface area contributed by atoms with Crippen LogP contribution in [0.2, 0.25) is 0 Å². The van der Waals surface area contributed by atoms with E-state index in [1.54, 1.807) is 6.07 Å². The number of likely N-dealkylation sites (N-methyl/N-ethyl adjacent to an activating group) is 1. The number of hydrogen-bond donors (Lipinski definition) is 3. The van der Waals surface area contributed by atoms with Gasteiger partial charge < -0.3 is 15.2 Å². The van der Waals surface area contributed by atoms with Crippen LogP contribution in [-0.4, -0.2) is 48.0 Å². The summed E-state index contributed by atoms with van der Waals surface area (Å²) in [5.41, 5.74) is 5.07. The largest absolute Gasteiger partial charge is 0.352 e. The van der Waals surface area contributed by atoms with E-state index in [2.05, 4.69) is 43.4 Å². The molecule has 1 fully saturated rings. The summed E-state index contributed by atoms with van der Waals surface area (Å²) in [6.45, 7) is 3.18. The topological polar surface area (TPSA) is 82.3 Å². The van der Waals surface area contributed by atoms with Gasteiger partial charge in [0.25, 0.3) is 5.91 Å². The van der Waals surface area contributed by atoms with Crippen LogP contribution in [-0.2, 0) is 11.3 Å². The van der Waals surface area contributed by atoms with Crippen molar-refractivity contribution in [3.8, 4) is 0 Å². The zero-order chi connectivity index (χ0) is 22.8. The molecule has 0 atom stereocenters. The number of halogens is 2. The number of nitrogens with zero attached hydrogens (tertiary/aromatic N) is 2. The number of aromatic nitrogens is 2. The first-order valence-electron chi connectivity index (χ1n) is 10.6. The summed E-state index contributed by atoms with van der Waals surface area (Å²) in [6.07, 6.45) is 2.86. The Bertz CT molecular complexity index is 1140. The van der Waals surface area contributed by atoms with Gasteiger partial charge in [0.2, 0.25) is 0 Å². The summed E-state index contributed by atoms with van der Waals surface area (Å²) < 4.78 is 16.8. The molecule has 3 aromatic rings. The molecule has 1 aliphatic carbocycles. The molecule has 0 unspecified atom stereocenters. The van der Waals surface area contributed by atoms with Crippen LogP contribution in [0.1, 0.15) is 34.6 Å². The zero-order valence-electron chi connectivity index (χ0n) is 18.4. The summed E-state index contributed by atoms with van der Waals surface area (Å²) in [5, 5.41) is 3.13. The summed E-state index contributed by atoms with van der Waals surface area (Å²) in [4.78, 5) is 27.9. The fourth-order valence-electron chi connectivity index (χ4n) is 3.38. The van der Waals surface area contributed by atoms with E-state index in [1.165, 1.54) is 0 Å². The Kier molecular flexibility index (Phi) is 6.96. The number of hydrogen-bond acceptors (Lipinski definition) is 5. The summed E-state index contributed by atoms with van der Waals surface area (Å²) in [5.74, 6) is 0.116. The third-order valence-electron chi connectivity index (χ3n) is 5.44. The molecule has 0 aliphatic heterocycles. The van der Waals surface area contributed by atoms with Crippen molar-refractivity contribution in [2.75, 3.05) is 32.6 Å². The molecule has 1 aromatic heterocycles. The lowest BCUT2D eigenvalue weighted by Gasteiger charge is -2.15. The molecule has 1 heterocycles. The highest BCUT2D eigenvalue weighted by Gasteiger charge is 2.24. The van der Waals surface area contributed by atoms with E-state index in [0.29, 0.717) is 30.3 Å². The highest BCUT2D eigenvalue weighted by molar-refractivity contribution is 14.1. The molecule has 1 aliphatic rings. The molecule has 9 heteroatoms. The average molecular weight is 551 g/mol. The summed E-state index contributed by atoms with van der Waals surface area (Å²) in [7, 11) is 3.94. The van der Waals surface area contributed by atoms with Gasteiger partial charge in [-0.3, -0.25) is 9.63 Å². The number of carbonyl (C=O) groups excluding carboxylic acids is 1. The van der Waals surface area contributed by atoms with Crippen molar-refractivity contribution in [3.63, 3.8) is 0 Å². The number of anilines is 2. The Morgan fingerprint density at radius 3 is 2.81 bits per heavy atom. The maximum Gasteiger partial charge on any atom is 0.277 e. The minimum atomic E-state index is -0.545. The molecule has 32 heavy (non-hydrogen) atoms. The highest BCUT2D eigenvalue weighted by atomic mass is 127. The Labute approximate surface area is 200 Å². The molecule has 0 saturated heterocycles. The number of benzene rings is 2. The molecule has 4 rings (SSSR count). The Morgan fingerprint density at radius 1 is 1.34 bits per heavy atom. The summed E-state index contributed by atoms with van der Waals surface area (Å²) >= 11 is 2.23. The molecule has 1 amide bonds. The van der Waals surface area contributed by atoms with Crippen molar-refractivity contribution in [2.24, 2.45) is 5.92 Å². The number of aromatic amines is 1. The monoisotopic (exact) mass is 551 g/mol. The van der Waals surface area contributed by atoms with Crippen molar-refractivity contribution >= 4 is 50.9 Å². The lowest BCUT2D eigenvalue weighted by Crippen LogP contribution is -2.26. The van der Waals surface area contributed by atoms with Crippen molar-refractivity contribution in [2.45, 2.75) is 26.2 Å². The fourth-order valence-corrected chi connectivity index (χ4v) is 4.02. The molecule has 3 N–H and O–H groups in total. The molecule has 0 radical (unpaired) electrons. The normalized spacial score (nSPS) is 13.7. The highest BCUT2D eigenvalue weighted by Crippen LogP contribution is 2.32. The standard InChI is InChI=1S/C23H27FIN5O2/c1-13-10-15(25)6-7-17(13)27-21-16(23(31)29-32-12-14-4-5-14)11-18-22(20(21)24)28-19(26-18)8-9-30(2)3/h6-7,10-11,14,27H,4-5,8-9,12H2,1-3H3,(H,26,28)(H,29,31). The maximum absolute atomic E-state index is 15.7. The first-order chi connectivity index (χ1) is 15.3. The van der Waals surface area contributed by atoms with Crippen molar-refractivity contribution in [3.05, 3.63) is 50.6 Å². The van der Waals surface area contributed by atoms with Crippen LogP contribution < -0.4 is 10.8 Å². The minimum Gasteiger partial charge on any atom is -0.352 e. The minimum absolute atomic E-state index is 0.0946. The molecular formula is C23H27FIN5O2. The van der Waals surface area contributed by atoms with Gasteiger partial charge in [-0.05, 0) is 92.2 Å². The van der Waals surface area contributed by atoms with Crippen molar-refractivity contribution in [1.29, 1.82) is 0 Å². The van der Waals surface area contributed by atoms with Gasteiger partial charge in [-0.25, -0.2) is 14.9 Å². The van der Waals surface area contributed by atoms with Crippen LogP contribution in [0.3, 0.4) is 0 Å². The number of aryl methyl sites for hydroxylation is 1. The quantitative estimate of drug-likeness (QED) is 0.269. The van der Waals surface area contributed by atoms with E-state index >= 15 is 4.39 Å². The van der Waals surface area contributed by atoms with E-state index in [4.69, 9.17) is 4.84 Å². The van der Waals surface area contributed by atoms with Crippen molar-refractivity contribution < 1.29 is 14.0 Å². The second-order valence-electron chi connectivity index (χ2n) is 8.51. The van der Waals surface area contributed by atoms with E-state index in [0.717, 1.165) is 34.2 Å². The Balaban J connectivity index is 1.70. The number of carbonyl (C=O) groups is 1. The van der Waals surface area contributed by atoms with Gasteiger partial charge in [0.1, 0.15) is 11.3 Å². The average Bonchev–Trinajstić information content (AvgIpc) is 3.47. The third-order valence-corrected chi connectivity index (χ3v) is 6.11.